The predicted octanol–water partition coefficient (Wildman–Crippen LogP) is 4.36. The number of fused-ring (bicyclic) bond motifs is 1. The van der Waals surface area contributed by atoms with E-state index in [4.69, 9.17) is 19.1 Å². The molecule has 0 saturated carbocycles. The Morgan fingerprint density at radius 2 is 1.97 bits per heavy atom. The molecule has 0 aliphatic carbocycles. The van der Waals surface area contributed by atoms with Crippen LogP contribution in [0.15, 0.2) is 52.7 Å². The number of hydrogen-bond donors (Lipinski definition) is 2. The normalized spacial score (nSPS) is 19.8. The van der Waals surface area contributed by atoms with E-state index < -0.39 is 0 Å². The fourth-order valence-corrected chi connectivity index (χ4v) is 4.95. The standard InChI is InChI=1S/C28H36N6O2/c1-5-20(21-8-6-7-19(2)15-21)16-25(29-3)31-28-30-23-17-24(22-9-10-33(4)18-22)36-26(23)27(32-28)34-11-13-35-14-12-34/h5-8,15-17,22,29H,9-14,18H2,1-4H3,(H,30,31,32)/b20-5+,25-16+. The number of ether oxygens (including phenoxy) is 1. The van der Waals surface area contributed by atoms with E-state index in [1.54, 1.807) is 0 Å². The summed E-state index contributed by atoms with van der Waals surface area (Å²) < 4.78 is 12.0. The molecule has 36 heavy (non-hydrogen) atoms. The van der Waals surface area contributed by atoms with Gasteiger partial charge in [0.15, 0.2) is 11.4 Å². The van der Waals surface area contributed by atoms with Crippen LogP contribution in [0.25, 0.3) is 16.7 Å². The van der Waals surface area contributed by atoms with Gasteiger partial charge in [0, 0.05) is 38.7 Å². The molecule has 4 heterocycles. The van der Waals surface area contributed by atoms with Gasteiger partial charge in [0.25, 0.3) is 0 Å². The van der Waals surface area contributed by atoms with Crippen molar-refractivity contribution >= 4 is 28.4 Å². The van der Waals surface area contributed by atoms with Gasteiger partial charge in [0.1, 0.15) is 17.1 Å². The minimum Gasteiger partial charge on any atom is -0.455 e. The highest BCUT2D eigenvalue weighted by atomic mass is 16.5. The molecule has 2 N–H and O–H groups in total. The second kappa shape index (κ2) is 10.7. The molecular formula is C28H36N6O2. The third-order valence-corrected chi connectivity index (χ3v) is 6.96. The highest BCUT2D eigenvalue weighted by molar-refractivity contribution is 5.86. The molecule has 8 nitrogen and oxygen atoms in total. The second-order valence-electron chi connectivity index (χ2n) is 9.63. The number of likely N-dealkylation sites (N-methyl/N-ethyl adjacent to an activating group) is 1. The van der Waals surface area contributed by atoms with E-state index >= 15 is 0 Å². The van der Waals surface area contributed by atoms with Crippen molar-refractivity contribution in [2.75, 3.05) is 63.7 Å². The molecule has 0 bridgehead atoms. The number of nitrogens with zero attached hydrogens (tertiary/aromatic N) is 4. The van der Waals surface area contributed by atoms with E-state index in [0.29, 0.717) is 25.1 Å². The number of aromatic nitrogens is 2. The van der Waals surface area contributed by atoms with E-state index in [-0.39, 0.29) is 0 Å². The summed E-state index contributed by atoms with van der Waals surface area (Å²) in [5.74, 6) is 3.56. The SMILES string of the molecule is C/C=C(\C=C(/NC)Nc1nc(N2CCOCC2)c2oc(C3CCN(C)C3)cc2n1)c1cccc(C)c1. The van der Waals surface area contributed by atoms with Crippen LogP contribution in [0.5, 0.6) is 0 Å². The number of rotatable bonds is 7. The quantitative estimate of drug-likeness (QED) is 0.475. The number of furan rings is 1. The van der Waals surface area contributed by atoms with Crippen molar-refractivity contribution in [1.82, 2.24) is 20.2 Å². The van der Waals surface area contributed by atoms with Crippen molar-refractivity contribution in [2.45, 2.75) is 26.2 Å². The highest BCUT2D eigenvalue weighted by Gasteiger charge is 2.27. The van der Waals surface area contributed by atoms with E-state index in [9.17, 15) is 0 Å². The number of benzene rings is 1. The minimum atomic E-state index is 0.387. The first-order chi connectivity index (χ1) is 17.5. The number of nitrogens with one attached hydrogen (secondary N) is 2. The average molecular weight is 489 g/mol. The lowest BCUT2D eigenvalue weighted by molar-refractivity contribution is 0.122. The van der Waals surface area contributed by atoms with Crippen LogP contribution < -0.4 is 15.5 Å². The molecule has 5 rings (SSSR count). The maximum Gasteiger partial charge on any atom is 0.231 e. The van der Waals surface area contributed by atoms with E-state index in [1.807, 2.05) is 14.0 Å². The van der Waals surface area contributed by atoms with Gasteiger partial charge in [-0.25, -0.2) is 4.98 Å². The second-order valence-corrected chi connectivity index (χ2v) is 9.63. The largest absolute Gasteiger partial charge is 0.455 e. The summed E-state index contributed by atoms with van der Waals surface area (Å²) in [7, 11) is 4.06. The summed E-state index contributed by atoms with van der Waals surface area (Å²) in [5, 5.41) is 6.68. The Morgan fingerprint density at radius 1 is 1.14 bits per heavy atom. The van der Waals surface area contributed by atoms with Gasteiger partial charge in [-0.15, -0.1) is 0 Å². The maximum absolute atomic E-state index is 6.42. The Hall–Kier alpha value is -3.36. The van der Waals surface area contributed by atoms with E-state index in [2.05, 4.69) is 76.9 Å². The fourth-order valence-electron chi connectivity index (χ4n) is 4.95. The van der Waals surface area contributed by atoms with Gasteiger partial charge in [-0.2, -0.15) is 4.98 Å². The van der Waals surface area contributed by atoms with Crippen LogP contribution in [0.3, 0.4) is 0 Å². The van der Waals surface area contributed by atoms with Crippen molar-refractivity contribution < 1.29 is 9.15 Å². The van der Waals surface area contributed by atoms with Gasteiger partial charge in [-0.1, -0.05) is 35.9 Å². The monoisotopic (exact) mass is 488 g/mol. The van der Waals surface area contributed by atoms with Gasteiger partial charge in [-0.05, 0) is 51.1 Å². The predicted molar refractivity (Wildman–Crippen MR) is 145 cm³/mol. The Balaban J connectivity index is 1.50. The van der Waals surface area contributed by atoms with Crippen molar-refractivity contribution in [1.29, 1.82) is 0 Å². The molecule has 0 amide bonds. The van der Waals surface area contributed by atoms with Crippen molar-refractivity contribution in [3.8, 4) is 0 Å². The summed E-state index contributed by atoms with van der Waals surface area (Å²) in [6.45, 7) is 9.15. The smallest absolute Gasteiger partial charge is 0.231 e. The topological polar surface area (TPSA) is 78.7 Å². The lowest BCUT2D eigenvalue weighted by Crippen LogP contribution is -2.37. The van der Waals surface area contributed by atoms with Crippen LogP contribution >= 0.6 is 0 Å². The Bertz CT molecular complexity index is 1270. The first-order valence-electron chi connectivity index (χ1n) is 12.8. The number of likely N-dealkylation sites (tertiary alicyclic amines) is 1. The van der Waals surface area contributed by atoms with Gasteiger partial charge < -0.3 is 29.6 Å². The average Bonchev–Trinajstić information content (AvgIpc) is 3.52. The molecule has 2 aliphatic heterocycles. The molecule has 2 aliphatic rings. The molecule has 2 aromatic heterocycles. The van der Waals surface area contributed by atoms with Crippen molar-refractivity contribution in [3.05, 3.63) is 65.2 Å². The van der Waals surface area contributed by atoms with E-state index in [1.165, 1.54) is 11.1 Å². The zero-order valence-corrected chi connectivity index (χ0v) is 21.7. The maximum atomic E-state index is 6.42. The number of aryl methyl sites for hydroxylation is 1. The Kier molecular flexibility index (Phi) is 7.25. The zero-order valence-electron chi connectivity index (χ0n) is 21.7. The highest BCUT2D eigenvalue weighted by Crippen LogP contribution is 2.35. The number of hydrogen-bond acceptors (Lipinski definition) is 8. The molecule has 0 spiro atoms. The van der Waals surface area contributed by atoms with Crippen LogP contribution in [0.4, 0.5) is 11.8 Å². The van der Waals surface area contributed by atoms with Gasteiger partial charge in [0.2, 0.25) is 5.95 Å². The molecule has 0 radical (unpaired) electrons. The molecule has 1 aromatic carbocycles. The Morgan fingerprint density at radius 3 is 2.67 bits per heavy atom. The Labute approximate surface area is 213 Å². The molecule has 8 heteroatoms. The number of allylic oxidation sites excluding steroid dienone is 3. The first-order valence-corrected chi connectivity index (χ1v) is 12.8. The lowest BCUT2D eigenvalue weighted by Gasteiger charge is -2.28. The van der Waals surface area contributed by atoms with Gasteiger partial charge >= 0.3 is 0 Å². The summed E-state index contributed by atoms with van der Waals surface area (Å²) in [5.41, 5.74) is 5.10. The van der Waals surface area contributed by atoms with Crippen LogP contribution in [0, 0.1) is 6.92 Å². The summed E-state index contributed by atoms with van der Waals surface area (Å²) in [4.78, 5) is 14.4. The molecule has 2 saturated heterocycles. The van der Waals surface area contributed by atoms with Crippen LogP contribution in [0.2, 0.25) is 0 Å². The van der Waals surface area contributed by atoms with Gasteiger partial charge in [-0.3, -0.25) is 0 Å². The van der Waals surface area contributed by atoms with Gasteiger partial charge in [0.05, 0.1) is 13.2 Å². The third-order valence-electron chi connectivity index (χ3n) is 6.96. The molecule has 1 unspecified atom stereocenters. The minimum absolute atomic E-state index is 0.387. The summed E-state index contributed by atoms with van der Waals surface area (Å²) in [6, 6.07) is 10.6. The lowest BCUT2D eigenvalue weighted by atomic mass is 10.0. The molecule has 1 atom stereocenters. The van der Waals surface area contributed by atoms with Crippen molar-refractivity contribution in [2.24, 2.45) is 0 Å². The molecular weight excluding hydrogens is 452 g/mol. The third kappa shape index (κ3) is 5.24. The van der Waals surface area contributed by atoms with E-state index in [0.717, 1.165) is 66.7 Å². The van der Waals surface area contributed by atoms with Crippen LogP contribution in [-0.2, 0) is 4.74 Å². The molecule has 190 valence electrons. The first kappa shape index (κ1) is 24.3. The summed E-state index contributed by atoms with van der Waals surface area (Å²) >= 11 is 0. The zero-order chi connectivity index (χ0) is 25.1. The number of anilines is 2. The number of morpholine rings is 1. The fraction of sp³-hybridized carbons (Fsp3) is 0.429. The van der Waals surface area contributed by atoms with Crippen molar-refractivity contribution in [3.63, 3.8) is 0 Å². The molecule has 2 fully saturated rings. The molecule has 3 aromatic rings. The summed E-state index contributed by atoms with van der Waals surface area (Å²) in [6.07, 6.45) is 5.29. The van der Waals surface area contributed by atoms with Crippen LogP contribution in [0.1, 0.15) is 36.1 Å². The van der Waals surface area contributed by atoms with Crippen LogP contribution in [-0.4, -0.2) is 68.4 Å².